The van der Waals surface area contributed by atoms with Crippen LogP contribution in [0.2, 0.25) is 5.02 Å². The first-order chi connectivity index (χ1) is 12.2. The highest BCUT2D eigenvalue weighted by Gasteiger charge is 2.24. The van der Waals surface area contributed by atoms with Crippen molar-refractivity contribution in [2.45, 2.75) is 13.0 Å². The highest BCUT2D eigenvalue weighted by Crippen LogP contribution is 2.36. The first-order valence-electron chi connectivity index (χ1n) is 8.34. The second-order valence-electron chi connectivity index (χ2n) is 6.19. The van der Waals surface area contributed by atoms with Crippen LogP contribution in [-0.2, 0) is 16.1 Å². The maximum atomic E-state index is 12.3. The Labute approximate surface area is 150 Å². The van der Waals surface area contributed by atoms with Gasteiger partial charge in [-0.3, -0.25) is 4.79 Å². The van der Waals surface area contributed by atoms with Crippen molar-refractivity contribution < 1.29 is 13.9 Å². The molecule has 128 valence electrons. The fraction of sp³-hybridized carbons (Fsp3) is 0.250. The Bertz CT molecular complexity index is 898. The summed E-state index contributed by atoms with van der Waals surface area (Å²) in [5, 5.41) is 4.59. The van der Waals surface area contributed by atoms with Crippen molar-refractivity contribution in [3.05, 3.63) is 59.3 Å². The lowest BCUT2D eigenvalue weighted by Gasteiger charge is -2.09. The molecule has 1 saturated heterocycles. The van der Waals surface area contributed by atoms with Crippen LogP contribution in [0.5, 0.6) is 0 Å². The van der Waals surface area contributed by atoms with Crippen molar-refractivity contribution in [2.75, 3.05) is 13.2 Å². The Morgan fingerprint density at radius 1 is 1.20 bits per heavy atom. The standard InChI is InChI=1S/C20H18ClNO3/c21-15-6-7-17-16(10-15)19(13-4-2-1-3-5-13)18(25-17)11-22-20(23)14-8-9-24-12-14/h1-7,10,14H,8-9,11-12H2,(H,22,23). The molecule has 1 unspecified atom stereocenters. The Morgan fingerprint density at radius 2 is 2.04 bits per heavy atom. The first kappa shape index (κ1) is 16.2. The van der Waals surface area contributed by atoms with E-state index in [1.807, 2.05) is 42.5 Å². The number of rotatable bonds is 4. The molecule has 1 aliphatic rings. The summed E-state index contributed by atoms with van der Waals surface area (Å²) in [6, 6.07) is 15.6. The Balaban J connectivity index is 1.69. The summed E-state index contributed by atoms with van der Waals surface area (Å²) >= 11 is 6.18. The fourth-order valence-electron chi connectivity index (χ4n) is 3.22. The monoisotopic (exact) mass is 355 g/mol. The minimum atomic E-state index is -0.0704. The average Bonchev–Trinajstić information content (AvgIpc) is 3.28. The van der Waals surface area contributed by atoms with Crippen LogP contribution in [0.4, 0.5) is 0 Å². The summed E-state index contributed by atoms with van der Waals surface area (Å²) in [6.45, 7) is 1.48. The summed E-state index contributed by atoms with van der Waals surface area (Å²) in [7, 11) is 0. The van der Waals surface area contributed by atoms with Crippen LogP contribution < -0.4 is 5.32 Å². The second kappa shape index (κ2) is 6.90. The summed E-state index contributed by atoms with van der Waals surface area (Å²) in [5.41, 5.74) is 2.77. The van der Waals surface area contributed by atoms with Crippen LogP contribution in [0.25, 0.3) is 22.1 Å². The molecule has 5 heteroatoms. The van der Waals surface area contributed by atoms with Crippen molar-refractivity contribution in [3.63, 3.8) is 0 Å². The molecule has 0 saturated carbocycles. The molecule has 1 atom stereocenters. The molecule has 1 N–H and O–H groups in total. The quantitative estimate of drug-likeness (QED) is 0.754. The van der Waals surface area contributed by atoms with Crippen LogP contribution in [0.1, 0.15) is 12.2 Å². The molecule has 1 aromatic heterocycles. The molecule has 4 rings (SSSR count). The summed E-state index contributed by atoms with van der Waals surface area (Å²) in [6.07, 6.45) is 0.771. The van der Waals surface area contributed by atoms with Crippen LogP contribution >= 0.6 is 11.6 Å². The van der Waals surface area contributed by atoms with E-state index in [1.54, 1.807) is 6.07 Å². The zero-order valence-corrected chi connectivity index (χ0v) is 14.4. The zero-order chi connectivity index (χ0) is 17.2. The number of ether oxygens (including phenoxy) is 1. The predicted molar refractivity (Wildman–Crippen MR) is 97.4 cm³/mol. The lowest BCUT2D eigenvalue weighted by molar-refractivity contribution is -0.125. The van der Waals surface area contributed by atoms with Crippen LogP contribution in [0.15, 0.2) is 52.9 Å². The average molecular weight is 356 g/mol. The van der Waals surface area contributed by atoms with Gasteiger partial charge in [0.05, 0.1) is 19.1 Å². The highest BCUT2D eigenvalue weighted by atomic mass is 35.5. The van der Waals surface area contributed by atoms with Gasteiger partial charge < -0.3 is 14.5 Å². The molecule has 2 aromatic carbocycles. The van der Waals surface area contributed by atoms with Crippen molar-refractivity contribution in [2.24, 2.45) is 5.92 Å². The van der Waals surface area contributed by atoms with E-state index in [1.165, 1.54) is 0 Å². The van der Waals surface area contributed by atoms with Gasteiger partial charge in [0.15, 0.2) is 0 Å². The number of halogens is 1. The molecular weight excluding hydrogens is 338 g/mol. The van der Waals surface area contributed by atoms with Gasteiger partial charge >= 0.3 is 0 Å². The van der Waals surface area contributed by atoms with Gasteiger partial charge in [-0.05, 0) is 30.2 Å². The fourth-order valence-corrected chi connectivity index (χ4v) is 3.39. The van der Waals surface area contributed by atoms with Crippen LogP contribution in [-0.4, -0.2) is 19.1 Å². The highest BCUT2D eigenvalue weighted by molar-refractivity contribution is 6.31. The van der Waals surface area contributed by atoms with Crippen LogP contribution in [0.3, 0.4) is 0 Å². The number of hydrogen-bond donors (Lipinski definition) is 1. The molecule has 2 heterocycles. The molecule has 4 nitrogen and oxygen atoms in total. The van der Waals surface area contributed by atoms with E-state index in [0.29, 0.717) is 24.8 Å². The van der Waals surface area contributed by atoms with E-state index >= 15 is 0 Å². The summed E-state index contributed by atoms with van der Waals surface area (Å²) in [5.74, 6) is 0.671. The van der Waals surface area contributed by atoms with E-state index in [0.717, 1.165) is 34.3 Å². The van der Waals surface area contributed by atoms with Gasteiger partial charge in [-0.25, -0.2) is 0 Å². The number of hydrogen-bond acceptors (Lipinski definition) is 3. The van der Waals surface area contributed by atoms with Crippen LogP contribution in [0, 0.1) is 5.92 Å². The largest absolute Gasteiger partial charge is 0.459 e. The molecule has 0 aliphatic carbocycles. The minimum absolute atomic E-state index is 0.00926. The normalized spacial score (nSPS) is 17.1. The van der Waals surface area contributed by atoms with E-state index in [9.17, 15) is 4.79 Å². The van der Waals surface area contributed by atoms with Gasteiger partial charge in [0.1, 0.15) is 11.3 Å². The smallest absolute Gasteiger partial charge is 0.225 e. The molecular formula is C20H18ClNO3. The van der Waals surface area contributed by atoms with Crippen molar-refractivity contribution in [3.8, 4) is 11.1 Å². The van der Waals surface area contributed by atoms with Crippen molar-refractivity contribution in [1.82, 2.24) is 5.32 Å². The van der Waals surface area contributed by atoms with Crippen molar-refractivity contribution in [1.29, 1.82) is 0 Å². The Kier molecular flexibility index (Phi) is 4.47. The van der Waals surface area contributed by atoms with E-state index in [2.05, 4.69) is 5.32 Å². The molecule has 1 aliphatic heterocycles. The van der Waals surface area contributed by atoms with Gasteiger partial charge in [-0.1, -0.05) is 41.9 Å². The molecule has 0 spiro atoms. The number of benzene rings is 2. The van der Waals surface area contributed by atoms with Gasteiger partial charge in [-0.2, -0.15) is 0 Å². The number of amides is 1. The molecule has 0 radical (unpaired) electrons. The minimum Gasteiger partial charge on any atom is -0.459 e. The molecule has 1 amide bonds. The third-order valence-corrected chi connectivity index (χ3v) is 4.74. The van der Waals surface area contributed by atoms with E-state index in [4.69, 9.17) is 20.8 Å². The SMILES string of the molecule is O=C(NCc1oc2ccc(Cl)cc2c1-c1ccccc1)C1CCOC1. The third kappa shape index (κ3) is 3.28. The first-order valence-corrected chi connectivity index (χ1v) is 8.72. The topological polar surface area (TPSA) is 51.5 Å². The summed E-state index contributed by atoms with van der Waals surface area (Å²) in [4.78, 5) is 12.3. The lowest BCUT2D eigenvalue weighted by Crippen LogP contribution is -2.30. The Morgan fingerprint density at radius 3 is 2.80 bits per heavy atom. The molecule has 0 bridgehead atoms. The second-order valence-corrected chi connectivity index (χ2v) is 6.62. The number of nitrogens with one attached hydrogen (secondary N) is 1. The molecule has 1 fully saturated rings. The number of carbonyl (C=O) groups excluding carboxylic acids is 1. The Hall–Kier alpha value is -2.30. The summed E-state index contributed by atoms with van der Waals surface area (Å²) < 4.78 is 11.3. The lowest BCUT2D eigenvalue weighted by atomic mass is 10.0. The number of furan rings is 1. The maximum Gasteiger partial charge on any atom is 0.225 e. The van der Waals surface area contributed by atoms with Gasteiger partial charge in [0.2, 0.25) is 5.91 Å². The molecule has 25 heavy (non-hydrogen) atoms. The maximum absolute atomic E-state index is 12.3. The molecule has 3 aromatic rings. The number of carbonyl (C=O) groups is 1. The van der Waals surface area contributed by atoms with Gasteiger partial charge in [0, 0.05) is 22.6 Å². The van der Waals surface area contributed by atoms with E-state index in [-0.39, 0.29) is 11.8 Å². The van der Waals surface area contributed by atoms with Gasteiger partial charge in [-0.15, -0.1) is 0 Å². The van der Waals surface area contributed by atoms with Crippen molar-refractivity contribution >= 4 is 28.5 Å². The number of fused-ring (bicyclic) bond motifs is 1. The zero-order valence-electron chi connectivity index (χ0n) is 13.6. The van der Waals surface area contributed by atoms with E-state index < -0.39 is 0 Å². The predicted octanol–water partition coefficient (Wildman–Crippen LogP) is 4.41. The third-order valence-electron chi connectivity index (χ3n) is 4.51. The van der Waals surface area contributed by atoms with Gasteiger partial charge in [0.25, 0.3) is 0 Å².